The van der Waals surface area contributed by atoms with Gasteiger partial charge in [0, 0.05) is 42.6 Å². The van der Waals surface area contributed by atoms with Crippen LogP contribution in [0.3, 0.4) is 0 Å². The second-order valence-corrected chi connectivity index (χ2v) is 7.99. The first-order chi connectivity index (χ1) is 15.1. The van der Waals surface area contributed by atoms with E-state index in [0.717, 1.165) is 46.4 Å². The van der Waals surface area contributed by atoms with Crippen molar-refractivity contribution in [2.24, 2.45) is 7.05 Å². The number of halogens is 1. The molecule has 3 aromatic heterocycles. The lowest BCUT2D eigenvalue weighted by atomic mass is 10.1. The van der Waals surface area contributed by atoms with Gasteiger partial charge in [0.1, 0.15) is 11.6 Å². The van der Waals surface area contributed by atoms with Crippen LogP contribution in [0.15, 0.2) is 61.1 Å². The third-order valence-electron chi connectivity index (χ3n) is 5.67. The minimum atomic E-state index is 0.155. The molecule has 5 rings (SSSR count). The van der Waals surface area contributed by atoms with Crippen LogP contribution in [0.5, 0.6) is 0 Å². The van der Waals surface area contributed by atoms with E-state index < -0.39 is 0 Å². The van der Waals surface area contributed by atoms with Crippen LogP contribution in [-0.4, -0.2) is 31.3 Å². The highest BCUT2D eigenvalue weighted by atomic mass is 35.5. The van der Waals surface area contributed by atoms with Crippen molar-refractivity contribution in [1.29, 1.82) is 0 Å². The smallest absolute Gasteiger partial charge is 0.228 e. The highest BCUT2D eigenvalue weighted by molar-refractivity contribution is 6.31. The monoisotopic (exact) mass is 431 g/mol. The molecule has 0 bridgehead atoms. The summed E-state index contributed by atoms with van der Waals surface area (Å²) in [6.07, 6.45) is 6.30. The van der Waals surface area contributed by atoms with Gasteiger partial charge in [0.25, 0.3) is 0 Å². The highest BCUT2D eigenvalue weighted by Gasteiger charge is 2.27. The molecule has 0 amide bonds. The maximum absolute atomic E-state index is 6.43. The van der Waals surface area contributed by atoms with Gasteiger partial charge in [-0.25, -0.2) is 15.0 Å². The number of aromatic nitrogens is 5. The number of benzene rings is 1. The van der Waals surface area contributed by atoms with Crippen LogP contribution in [0.4, 0.5) is 17.6 Å². The van der Waals surface area contributed by atoms with Gasteiger partial charge < -0.3 is 10.2 Å². The summed E-state index contributed by atoms with van der Waals surface area (Å²) in [5.41, 5.74) is 4.13. The SMILES string of the molecule is CC(c1ccccc1Cl)N1CCc2cc(-c3ccnc(Nc4ccnn4C)n3)cnc21. The number of fused-ring (bicyclic) bond motifs is 1. The van der Waals surface area contributed by atoms with Crippen LogP contribution in [0, 0.1) is 0 Å². The van der Waals surface area contributed by atoms with E-state index in [-0.39, 0.29) is 6.04 Å². The number of rotatable bonds is 5. The normalized spacial score (nSPS) is 13.8. The van der Waals surface area contributed by atoms with Gasteiger partial charge in [-0.2, -0.15) is 5.10 Å². The summed E-state index contributed by atoms with van der Waals surface area (Å²) in [6.45, 7) is 3.09. The Morgan fingerprint density at radius 3 is 2.77 bits per heavy atom. The minimum Gasteiger partial charge on any atom is -0.349 e. The van der Waals surface area contributed by atoms with Gasteiger partial charge in [-0.15, -0.1) is 0 Å². The van der Waals surface area contributed by atoms with E-state index in [9.17, 15) is 0 Å². The molecule has 1 atom stereocenters. The number of pyridine rings is 1. The summed E-state index contributed by atoms with van der Waals surface area (Å²) >= 11 is 6.43. The Morgan fingerprint density at radius 2 is 1.97 bits per heavy atom. The predicted molar refractivity (Wildman–Crippen MR) is 123 cm³/mol. The number of nitrogens with one attached hydrogen (secondary N) is 1. The Hall–Kier alpha value is -3.45. The van der Waals surface area contributed by atoms with Gasteiger partial charge in [0.05, 0.1) is 17.9 Å². The first-order valence-electron chi connectivity index (χ1n) is 10.2. The second-order valence-electron chi connectivity index (χ2n) is 7.58. The molecule has 0 aliphatic carbocycles. The number of aryl methyl sites for hydroxylation is 1. The van der Waals surface area contributed by atoms with E-state index in [1.54, 1.807) is 17.1 Å². The molecular formula is C23H22ClN7. The molecule has 0 saturated heterocycles. The van der Waals surface area contributed by atoms with Crippen LogP contribution in [-0.2, 0) is 13.5 Å². The molecule has 4 heterocycles. The topological polar surface area (TPSA) is 71.8 Å². The molecule has 0 saturated carbocycles. The summed E-state index contributed by atoms with van der Waals surface area (Å²) in [4.78, 5) is 16.1. The van der Waals surface area contributed by atoms with Gasteiger partial charge in [-0.3, -0.25) is 4.68 Å². The van der Waals surface area contributed by atoms with Crippen LogP contribution in [0.1, 0.15) is 24.1 Å². The maximum atomic E-state index is 6.43. The average Bonchev–Trinajstić information content (AvgIpc) is 3.39. The number of hydrogen-bond donors (Lipinski definition) is 1. The fourth-order valence-electron chi connectivity index (χ4n) is 3.98. The van der Waals surface area contributed by atoms with Crippen molar-refractivity contribution in [3.8, 4) is 11.3 Å². The van der Waals surface area contributed by atoms with Crippen LogP contribution < -0.4 is 10.2 Å². The van der Waals surface area contributed by atoms with Gasteiger partial charge in [-0.05, 0) is 42.7 Å². The number of hydrogen-bond acceptors (Lipinski definition) is 6. The zero-order valence-corrected chi connectivity index (χ0v) is 18.1. The van der Waals surface area contributed by atoms with Gasteiger partial charge in [-0.1, -0.05) is 29.8 Å². The highest BCUT2D eigenvalue weighted by Crippen LogP contribution is 2.37. The molecule has 0 fully saturated rings. The Labute approximate surface area is 185 Å². The fourth-order valence-corrected chi connectivity index (χ4v) is 4.28. The molecule has 156 valence electrons. The first-order valence-corrected chi connectivity index (χ1v) is 10.6. The molecule has 4 aromatic rings. The first kappa shape index (κ1) is 19.5. The second kappa shape index (κ2) is 8.00. The Morgan fingerprint density at radius 1 is 1.10 bits per heavy atom. The average molecular weight is 432 g/mol. The lowest BCUT2D eigenvalue weighted by Gasteiger charge is -2.27. The quantitative estimate of drug-likeness (QED) is 0.489. The van der Waals surface area contributed by atoms with Gasteiger partial charge in [0.2, 0.25) is 5.95 Å². The zero-order chi connectivity index (χ0) is 21.4. The van der Waals surface area contributed by atoms with Crippen LogP contribution >= 0.6 is 11.6 Å². The van der Waals surface area contributed by atoms with Crippen LogP contribution in [0.2, 0.25) is 5.02 Å². The molecule has 8 heteroatoms. The molecule has 1 aliphatic rings. The molecule has 1 aromatic carbocycles. The van der Waals surface area contributed by atoms with Crippen molar-refractivity contribution in [2.45, 2.75) is 19.4 Å². The zero-order valence-electron chi connectivity index (χ0n) is 17.3. The third-order valence-corrected chi connectivity index (χ3v) is 6.02. The van der Waals surface area contributed by atoms with Crippen molar-refractivity contribution in [3.63, 3.8) is 0 Å². The molecule has 0 spiro atoms. The standard InChI is InChI=1S/C23H22ClN7/c1-15(18-5-3-4-6-19(18)24)31-12-9-16-13-17(14-26-22(16)31)20-7-10-25-23(28-20)29-21-8-11-27-30(21)2/h3-8,10-11,13-15H,9,12H2,1-2H3,(H,25,28,29). The van der Waals surface area contributed by atoms with E-state index in [1.165, 1.54) is 5.56 Å². The molecule has 1 N–H and O–H groups in total. The summed E-state index contributed by atoms with van der Waals surface area (Å²) in [5.74, 6) is 2.36. The van der Waals surface area contributed by atoms with Gasteiger partial charge in [0.15, 0.2) is 0 Å². The maximum Gasteiger partial charge on any atom is 0.228 e. The molecule has 7 nitrogen and oxygen atoms in total. The molecule has 1 aliphatic heterocycles. The Kier molecular flexibility index (Phi) is 5.03. The lowest BCUT2D eigenvalue weighted by Crippen LogP contribution is -2.25. The van der Waals surface area contributed by atoms with E-state index in [1.807, 2.05) is 43.6 Å². The van der Waals surface area contributed by atoms with Gasteiger partial charge >= 0.3 is 0 Å². The summed E-state index contributed by atoms with van der Waals surface area (Å²) in [5, 5.41) is 8.14. The van der Waals surface area contributed by atoms with E-state index in [0.29, 0.717) is 5.95 Å². The van der Waals surface area contributed by atoms with E-state index >= 15 is 0 Å². The van der Waals surface area contributed by atoms with Crippen molar-refractivity contribution in [3.05, 3.63) is 77.2 Å². The minimum absolute atomic E-state index is 0.155. The fraction of sp³-hybridized carbons (Fsp3) is 0.217. The van der Waals surface area contributed by atoms with Crippen molar-refractivity contribution < 1.29 is 0 Å². The van der Waals surface area contributed by atoms with Crippen LogP contribution in [0.25, 0.3) is 11.3 Å². The van der Waals surface area contributed by atoms with E-state index in [2.05, 4.69) is 44.3 Å². The summed E-state index contributed by atoms with van der Waals surface area (Å²) in [6, 6.07) is 14.1. The molecular weight excluding hydrogens is 410 g/mol. The van der Waals surface area contributed by atoms with Crippen molar-refractivity contribution in [2.75, 3.05) is 16.8 Å². The molecule has 0 radical (unpaired) electrons. The number of anilines is 3. The largest absolute Gasteiger partial charge is 0.349 e. The lowest BCUT2D eigenvalue weighted by molar-refractivity contribution is 0.690. The Bertz CT molecular complexity index is 1240. The van der Waals surface area contributed by atoms with Crippen molar-refractivity contribution in [1.82, 2.24) is 24.7 Å². The number of nitrogens with zero attached hydrogens (tertiary/aromatic N) is 6. The van der Waals surface area contributed by atoms with Crippen molar-refractivity contribution >= 4 is 29.2 Å². The predicted octanol–water partition coefficient (Wildman–Crippen LogP) is 4.79. The third kappa shape index (κ3) is 3.72. The summed E-state index contributed by atoms with van der Waals surface area (Å²) < 4.78 is 1.74. The summed E-state index contributed by atoms with van der Waals surface area (Å²) in [7, 11) is 1.87. The molecule has 1 unspecified atom stereocenters. The molecule has 31 heavy (non-hydrogen) atoms. The van der Waals surface area contributed by atoms with E-state index in [4.69, 9.17) is 16.6 Å². The Balaban J connectivity index is 1.41.